The normalized spacial score (nSPS) is 17.5. The van der Waals surface area contributed by atoms with E-state index in [4.69, 9.17) is 0 Å². The van der Waals surface area contributed by atoms with Crippen LogP contribution >= 0.6 is 11.3 Å². The molecule has 9 heteroatoms. The van der Waals surface area contributed by atoms with Gasteiger partial charge in [-0.15, -0.1) is 21.5 Å². The molecular weight excluding hydrogens is 374 g/mol. The van der Waals surface area contributed by atoms with Crippen LogP contribution in [0.2, 0.25) is 0 Å². The molecule has 1 aliphatic heterocycles. The number of amides is 1. The minimum Gasteiger partial charge on any atom is -0.350 e. The molecule has 0 bridgehead atoms. The maximum atomic E-state index is 13.0. The minimum atomic E-state index is 0.0638. The molecule has 1 aliphatic rings. The lowest BCUT2D eigenvalue weighted by Gasteiger charge is -2.32. The second-order valence-electron chi connectivity index (χ2n) is 7.24. The molecule has 1 N–H and O–H groups in total. The fraction of sp³-hybridized carbons (Fsp3) is 0.368. The molecule has 1 atom stereocenters. The molecule has 144 valence electrons. The van der Waals surface area contributed by atoms with Crippen LogP contribution in [0, 0.1) is 0 Å². The zero-order valence-electron chi connectivity index (χ0n) is 15.6. The van der Waals surface area contributed by atoms with Crippen LogP contribution in [0.1, 0.15) is 40.9 Å². The van der Waals surface area contributed by atoms with Crippen molar-refractivity contribution in [2.45, 2.75) is 25.3 Å². The number of nitrogens with zero attached hydrogens (tertiary/aromatic N) is 6. The Morgan fingerprint density at radius 1 is 1.39 bits per heavy atom. The molecule has 0 radical (unpaired) electrons. The zero-order valence-corrected chi connectivity index (χ0v) is 16.4. The fourth-order valence-corrected chi connectivity index (χ4v) is 4.70. The molecule has 0 aliphatic carbocycles. The lowest BCUT2D eigenvalue weighted by Crippen LogP contribution is -2.39. The summed E-state index contributed by atoms with van der Waals surface area (Å²) >= 11 is 1.65. The molecule has 1 saturated heterocycles. The van der Waals surface area contributed by atoms with Gasteiger partial charge in [0.05, 0.1) is 23.1 Å². The predicted molar refractivity (Wildman–Crippen MR) is 106 cm³/mol. The standard InChI is InChI=1S/C19H21N7OS/c1-24-17(11-25-7-5-20-12-25)22-23-18(24)13-3-2-6-26(10-13)19(27)15-9-16-14(21-15)4-8-28-16/h4-5,7-9,12-13,21H,2-3,6,10-11H2,1H3. The molecule has 1 amide bonds. The van der Waals surface area contributed by atoms with Crippen molar-refractivity contribution in [1.82, 2.24) is 34.2 Å². The number of nitrogens with one attached hydrogen (secondary N) is 1. The maximum Gasteiger partial charge on any atom is 0.270 e. The predicted octanol–water partition coefficient (Wildman–Crippen LogP) is 2.62. The summed E-state index contributed by atoms with van der Waals surface area (Å²) in [5.41, 5.74) is 1.70. The largest absolute Gasteiger partial charge is 0.350 e. The number of aromatic nitrogens is 6. The molecule has 1 unspecified atom stereocenters. The number of carbonyl (C=O) groups is 1. The molecule has 0 spiro atoms. The third kappa shape index (κ3) is 3.01. The Morgan fingerprint density at radius 2 is 2.32 bits per heavy atom. The zero-order chi connectivity index (χ0) is 19.1. The van der Waals surface area contributed by atoms with E-state index in [9.17, 15) is 4.79 Å². The molecule has 0 aromatic carbocycles. The van der Waals surface area contributed by atoms with Crippen LogP contribution in [-0.2, 0) is 13.6 Å². The van der Waals surface area contributed by atoms with Crippen molar-refractivity contribution in [3.05, 3.63) is 53.6 Å². The molecule has 1 fully saturated rings. The number of carbonyl (C=O) groups excluding carboxylic acids is 1. The first-order valence-electron chi connectivity index (χ1n) is 9.38. The van der Waals surface area contributed by atoms with Crippen LogP contribution in [0.3, 0.4) is 0 Å². The first-order chi connectivity index (χ1) is 13.7. The van der Waals surface area contributed by atoms with Gasteiger partial charge in [0.25, 0.3) is 5.91 Å². The van der Waals surface area contributed by atoms with Gasteiger partial charge in [0, 0.05) is 38.4 Å². The molecule has 5 rings (SSSR count). The van der Waals surface area contributed by atoms with Gasteiger partial charge in [-0.3, -0.25) is 4.79 Å². The van der Waals surface area contributed by atoms with E-state index in [-0.39, 0.29) is 11.8 Å². The minimum absolute atomic E-state index is 0.0638. The van der Waals surface area contributed by atoms with Crippen LogP contribution in [0.4, 0.5) is 0 Å². The summed E-state index contributed by atoms with van der Waals surface area (Å²) in [5.74, 6) is 2.10. The highest BCUT2D eigenvalue weighted by Gasteiger charge is 2.29. The number of hydrogen-bond donors (Lipinski definition) is 1. The van der Waals surface area contributed by atoms with Crippen LogP contribution < -0.4 is 0 Å². The Morgan fingerprint density at radius 3 is 3.14 bits per heavy atom. The summed E-state index contributed by atoms with van der Waals surface area (Å²) in [7, 11) is 2.00. The van der Waals surface area contributed by atoms with Gasteiger partial charge in [0.1, 0.15) is 11.5 Å². The van der Waals surface area contributed by atoms with Gasteiger partial charge in [0.2, 0.25) is 0 Å². The van der Waals surface area contributed by atoms with Crippen molar-refractivity contribution >= 4 is 27.5 Å². The summed E-state index contributed by atoms with van der Waals surface area (Å²) in [6.45, 7) is 2.09. The van der Waals surface area contributed by atoms with Gasteiger partial charge in [-0.05, 0) is 30.4 Å². The lowest BCUT2D eigenvalue weighted by atomic mass is 9.97. The molecule has 4 aromatic rings. The highest BCUT2D eigenvalue weighted by Crippen LogP contribution is 2.28. The number of rotatable bonds is 4. The van der Waals surface area contributed by atoms with E-state index in [1.54, 1.807) is 23.9 Å². The maximum absolute atomic E-state index is 13.0. The average Bonchev–Trinajstić information content (AvgIpc) is 3.47. The highest BCUT2D eigenvalue weighted by atomic mass is 32.1. The third-order valence-electron chi connectivity index (χ3n) is 5.43. The number of likely N-dealkylation sites (tertiary alicyclic amines) is 1. The summed E-state index contributed by atoms with van der Waals surface area (Å²) < 4.78 is 5.15. The van der Waals surface area contributed by atoms with E-state index in [1.165, 1.54) is 0 Å². The summed E-state index contributed by atoms with van der Waals surface area (Å²) in [6, 6.07) is 3.97. The first kappa shape index (κ1) is 17.2. The Kier molecular flexibility index (Phi) is 4.23. The van der Waals surface area contributed by atoms with Crippen molar-refractivity contribution in [3.63, 3.8) is 0 Å². The Hall–Kier alpha value is -2.94. The monoisotopic (exact) mass is 395 g/mol. The van der Waals surface area contributed by atoms with Crippen LogP contribution in [0.15, 0.2) is 36.2 Å². The molecule has 8 nitrogen and oxygen atoms in total. The number of imidazole rings is 1. The number of piperidine rings is 1. The van der Waals surface area contributed by atoms with E-state index >= 15 is 0 Å². The van der Waals surface area contributed by atoms with Crippen molar-refractivity contribution in [1.29, 1.82) is 0 Å². The summed E-state index contributed by atoms with van der Waals surface area (Å²) in [5, 5.41) is 10.8. The molecule has 28 heavy (non-hydrogen) atoms. The average molecular weight is 395 g/mol. The van der Waals surface area contributed by atoms with Gasteiger partial charge >= 0.3 is 0 Å². The summed E-state index contributed by atoms with van der Waals surface area (Å²) in [6.07, 6.45) is 7.43. The second-order valence-corrected chi connectivity index (χ2v) is 8.19. The number of H-pyrrole nitrogens is 1. The van der Waals surface area contributed by atoms with E-state index in [2.05, 4.69) is 24.7 Å². The Labute approximate surface area is 165 Å². The molecule has 0 saturated carbocycles. The van der Waals surface area contributed by atoms with E-state index in [1.807, 2.05) is 40.2 Å². The van der Waals surface area contributed by atoms with Crippen molar-refractivity contribution in [2.75, 3.05) is 13.1 Å². The Bertz CT molecular complexity index is 1080. The van der Waals surface area contributed by atoms with Gasteiger partial charge in [0.15, 0.2) is 5.82 Å². The smallest absolute Gasteiger partial charge is 0.270 e. The van der Waals surface area contributed by atoms with Gasteiger partial charge in [-0.2, -0.15) is 0 Å². The topological polar surface area (TPSA) is 84.6 Å². The van der Waals surface area contributed by atoms with Crippen LogP contribution in [0.25, 0.3) is 10.2 Å². The van der Waals surface area contributed by atoms with Crippen molar-refractivity contribution in [3.8, 4) is 0 Å². The number of hydrogen-bond acceptors (Lipinski definition) is 5. The first-order valence-corrected chi connectivity index (χ1v) is 10.3. The van der Waals surface area contributed by atoms with Crippen LogP contribution in [-0.4, -0.2) is 53.2 Å². The van der Waals surface area contributed by atoms with Gasteiger partial charge < -0.3 is 19.0 Å². The van der Waals surface area contributed by atoms with E-state index in [0.717, 1.165) is 41.3 Å². The SMILES string of the molecule is Cn1c(Cn2ccnc2)nnc1C1CCCN(C(=O)c2cc3sccc3[nH]2)C1. The lowest BCUT2D eigenvalue weighted by molar-refractivity contribution is 0.0698. The Balaban J connectivity index is 1.33. The van der Waals surface area contributed by atoms with Gasteiger partial charge in [-0.1, -0.05) is 0 Å². The number of aromatic amines is 1. The fourth-order valence-electron chi connectivity index (χ4n) is 3.92. The summed E-state index contributed by atoms with van der Waals surface area (Å²) in [4.78, 5) is 22.2. The molecular formula is C19H21N7OS. The van der Waals surface area contributed by atoms with Crippen LogP contribution in [0.5, 0.6) is 0 Å². The van der Waals surface area contributed by atoms with E-state index in [0.29, 0.717) is 18.8 Å². The molecule has 4 aromatic heterocycles. The number of thiophene rings is 1. The van der Waals surface area contributed by atoms with E-state index < -0.39 is 0 Å². The quantitative estimate of drug-likeness (QED) is 0.576. The van der Waals surface area contributed by atoms with Crippen molar-refractivity contribution < 1.29 is 4.79 Å². The van der Waals surface area contributed by atoms with Gasteiger partial charge in [-0.25, -0.2) is 4.98 Å². The number of fused-ring (bicyclic) bond motifs is 1. The highest BCUT2D eigenvalue weighted by molar-refractivity contribution is 7.17. The molecule has 5 heterocycles. The third-order valence-corrected chi connectivity index (χ3v) is 6.29. The van der Waals surface area contributed by atoms with Crippen molar-refractivity contribution in [2.24, 2.45) is 7.05 Å². The second kappa shape index (κ2) is 6.90.